The Bertz CT molecular complexity index is 1080. The smallest absolute Gasteiger partial charge is 0.213 e. The SMILES string of the molecule is CC1(C)CC(Cc2cccc(F)n2)N=C(c2cnc3c(F)c(F)ccc3c2)S1. The van der Waals surface area contributed by atoms with Crippen LogP contribution in [0.2, 0.25) is 0 Å². The molecule has 0 fully saturated rings. The minimum atomic E-state index is -0.947. The van der Waals surface area contributed by atoms with E-state index in [0.29, 0.717) is 17.5 Å². The van der Waals surface area contributed by atoms with Gasteiger partial charge in [0.15, 0.2) is 11.6 Å². The molecule has 28 heavy (non-hydrogen) atoms. The molecule has 3 heterocycles. The number of benzene rings is 1. The van der Waals surface area contributed by atoms with Gasteiger partial charge in [-0.2, -0.15) is 4.39 Å². The van der Waals surface area contributed by atoms with Crippen molar-refractivity contribution in [3.63, 3.8) is 0 Å². The standard InChI is InChI=1S/C21H18F3N3S/c1-21(2)10-15(9-14-4-3-5-17(23)26-14)27-20(28-21)13-8-12-6-7-16(22)18(24)19(12)25-11-13/h3-8,11,15H,9-10H2,1-2H3. The van der Waals surface area contributed by atoms with E-state index in [1.165, 1.54) is 18.3 Å². The highest BCUT2D eigenvalue weighted by molar-refractivity contribution is 8.15. The summed E-state index contributed by atoms with van der Waals surface area (Å²) >= 11 is 1.62. The van der Waals surface area contributed by atoms with Gasteiger partial charge in [-0.1, -0.05) is 31.7 Å². The van der Waals surface area contributed by atoms with Crippen LogP contribution >= 0.6 is 11.8 Å². The first-order valence-electron chi connectivity index (χ1n) is 8.93. The minimum absolute atomic E-state index is 0.00457. The van der Waals surface area contributed by atoms with E-state index in [1.807, 2.05) is 0 Å². The minimum Gasteiger partial charge on any atom is -0.274 e. The van der Waals surface area contributed by atoms with Crippen molar-refractivity contribution in [1.82, 2.24) is 9.97 Å². The second-order valence-corrected chi connectivity index (χ2v) is 9.16. The van der Waals surface area contributed by atoms with E-state index in [0.717, 1.165) is 23.1 Å². The summed E-state index contributed by atoms with van der Waals surface area (Å²) in [6.07, 6.45) is 2.88. The number of pyridine rings is 2. The Morgan fingerprint density at radius 2 is 1.96 bits per heavy atom. The highest BCUT2D eigenvalue weighted by atomic mass is 32.2. The van der Waals surface area contributed by atoms with Gasteiger partial charge < -0.3 is 0 Å². The second-order valence-electron chi connectivity index (χ2n) is 7.47. The zero-order chi connectivity index (χ0) is 19.9. The number of hydrogen-bond acceptors (Lipinski definition) is 4. The molecule has 1 unspecified atom stereocenters. The number of halogens is 3. The Balaban J connectivity index is 1.69. The Labute approximate surface area is 165 Å². The van der Waals surface area contributed by atoms with Crippen LogP contribution < -0.4 is 0 Å². The van der Waals surface area contributed by atoms with Crippen LogP contribution in [0.25, 0.3) is 10.9 Å². The van der Waals surface area contributed by atoms with Crippen molar-refractivity contribution < 1.29 is 13.2 Å². The average Bonchev–Trinajstić information content (AvgIpc) is 2.63. The Hall–Kier alpha value is -2.41. The van der Waals surface area contributed by atoms with Crippen molar-refractivity contribution >= 4 is 27.7 Å². The zero-order valence-corrected chi connectivity index (χ0v) is 16.2. The summed E-state index contributed by atoms with van der Waals surface area (Å²) in [7, 11) is 0. The molecule has 1 aliphatic heterocycles. The van der Waals surface area contributed by atoms with Gasteiger partial charge in [-0.05, 0) is 36.8 Å². The lowest BCUT2D eigenvalue weighted by molar-refractivity contribution is 0.513. The largest absolute Gasteiger partial charge is 0.274 e. The summed E-state index contributed by atoms with van der Waals surface area (Å²) in [5.41, 5.74) is 1.42. The first kappa shape index (κ1) is 18.9. The molecule has 1 atom stereocenters. The second kappa shape index (κ2) is 7.20. The molecule has 3 aromatic rings. The van der Waals surface area contributed by atoms with E-state index in [9.17, 15) is 13.2 Å². The van der Waals surface area contributed by atoms with Crippen LogP contribution in [0.3, 0.4) is 0 Å². The van der Waals surface area contributed by atoms with E-state index >= 15 is 0 Å². The van der Waals surface area contributed by atoms with Gasteiger partial charge in [0.05, 0.1) is 6.04 Å². The molecule has 0 saturated heterocycles. The van der Waals surface area contributed by atoms with E-state index in [-0.39, 0.29) is 16.3 Å². The van der Waals surface area contributed by atoms with Crippen molar-refractivity contribution in [3.8, 4) is 0 Å². The van der Waals surface area contributed by atoms with E-state index in [4.69, 9.17) is 4.99 Å². The molecule has 0 bridgehead atoms. The highest BCUT2D eigenvalue weighted by Gasteiger charge is 2.32. The van der Waals surface area contributed by atoms with Gasteiger partial charge in [0.2, 0.25) is 5.95 Å². The number of aromatic nitrogens is 2. The molecule has 0 spiro atoms. The van der Waals surface area contributed by atoms with Crippen molar-refractivity contribution in [2.24, 2.45) is 4.99 Å². The van der Waals surface area contributed by atoms with Crippen molar-refractivity contribution in [3.05, 3.63) is 71.4 Å². The summed E-state index contributed by atoms with van der Waals surface area (Å²) in [6.45, 7) is 4.25. The van der Waals surface area contributed by atoms with Crippen LogP contribution in [0, 0.1) is 17.6 Å². The van der Waals surface area contributed by atoms with Crippen molar-refractivity contribution in [2.45, 2.75) is 37.5 Å². The van der Waals surface area contributed by atoms with Gasteiger partial charge in [-0.15, -0.1) is 0 Å². The van der Waals surface area contributed by atoms with Crippen molar-refractivity contribution in [2.75, 3.05) is 0 Å². The Morgan fingerprint density at radius 1 is 1.14 bits per heavy atom. The molecule has 1 aliphatic rings. The molecule has 3 nitrogen and oxygen atoms in total. The third-order valence-corrected chi connectivity index (χ3v) is 5.86. The molecule has 0 amide bonds. The Kier molecular flexibility index (Phi) is 4.87. The third-order valence-electron chi connectivity index (χ3n) is 4.61. The summed E-state index contributed by atoms with van der Waals surface area (Å²) in [4.78, 5) is 12.9. The predicted molar refractivity (Wildman–Crippen MR) is 106 cm³/mol. The van der Waals surface area contributed by atoms with Gasteiger partial charge in [0, 0.05) is 34.0 Å². The molecule has 1 aromatic carbocycles. The molecule has 2 aromatic heterocycles. The molecular formula is C21H18F3N3S. The average molecular weight is 401 g/mol. The monoisotopic (exact) mass is 401 g/mol. The van der Waals surface area contributed by atoms with Gasteiger partial charge in [-0.3, -0.25) is 9.98 Å². The predicted octanol–water partition coefficient (Wildman–Crippen LogP) is 5.32. The first-order valence-corrected chi connectivity index (χ1v) is 9.75. The van der Waals surface area contributed by atoms with E-state index < -0.39 is 17.6 Å². The van der Waals surface area contributed by atoms with Crippen LogP contribution in [-0.4, -0.2) is 25.8 Å². The molecule has 4 rings (SSSR count). The van der Waals surface area contributed by atoms with Crippen LogP contribution in [0.4, 0.5) is 13.2 Å². The van der Waals surface area contributed by atoms with Crippen molar-refractivity contribution in [1.29, 1.82) is 0 Å². The number of rotatable bonds is 3. The number of fused-ring (bicyclic) bond motifs is 1. The van der Waals surface area contributed by atoms with E-state index in [2.05, 4.69) is 23.8 Å². The zero-order valence-electron chi connectivity index (χ0n) is 15.4. The molecule has 7 heteroatoms. The normalized spacial score (nSPS) is 18.9. The van der Waals surface area contributed by atoms with Crippen LogP contribution in [0.15, 0.2) is 47.6 Å². The van der Waals surface area contributed by atoms with E-state index in [1.54, 1.807) is 30.0 Å². The molecule has 144 valence electrons. The fourth-order valence-corrected chi connectivity index (χ4v) is 4.65. The van der Waals surface area contributed by atoms with Crippen LogP contribution in [0.1, 0.15) is 31.5 Å². The van der Waals surface area contributed by atoms with Crippen LogP contribution in [0.5, 0.6) is 0 Å². The van der Waals surface area contributed by atoms with Gasteiger partial charge >= 0.3 is 0 Å². The maximum absolute atomic E-state index is 13.9. The van der Waals surface area contributed by atoms with Gasteiger partial charge in [0.1, 0.15) is 10.6 Å². The molecular weight excluding hydrogens is 383 g/mol. The quantitative estimate of drug-likeness (QED) is 0.558. The third kappa shape index (κ3) is 3.90. The number of nitrogens with zero attached hydrogens (tertiary/aromatic N) is 3. The first-order chi connectivity index (χ1) is 13.3. The summed E-state index contributed by atoms with van der Waals surface area (Å²) < 4.78 is 40.7. The van der Waals surface area contributed by atoms with Gasteiger partial charge in [-0.25, -0.2) is 13.8 Å². The lowest BCUT2D eigenvalue weighted by Crippen LogP contribution is -2.31. The summed E-state index contributed by atoms with van der Waals surface area (Å²) in [5, 5.41) is 1.31. The Morgan fingerprint density at radius 3 is 2.75 bits per heavy atom. The fraction of sp³-hybridized carbons (Fsp3) is 0.286. The number of aliphatic imine (C=N–C) groups is 1. The summed E-state index contributed by atoms with van der Waals surface area (Å²) in [5.74, 6) is -2.36. The topological polar surface area (TPSA) is 38.1 Å². The van der Waals surface area contributed by atoms with Crippen LogP contribution in [-0.2, 0) is 6.42 Å². The maximum Gasteiger partial charge on any atom is 0.213 e. The van der Waals surface area contributed by atoms with Gasteiger partial charge in [0.25, 0.3) is 0 Å². The molecule has 0 saturated carbocycles. The summed E-state index contributed by atoms with van der Waals surface area (Å²) in [6, 6.07) is 9.09. The highest BCUT2D eigenvalue weighted by Crippen LogP contribution is 2.39. The number of hydrogen-bond donors (Lipinski definition) is 0. The maximum atomic E-state index is 13.9. The molecule has 0 aliphatic carbocycles. The molecule has 0 radical (unpaired) electrons. The number of thioether (sulfide) groups is 1. The molecule has 0 N–H and O–H groups in total. The lowest BCUT2D eigenvalue weighted by atomic mass is 9.98. The fourth-order valence-electron chi connectivity index (χ4n) is 3.42. The lowest BCUT2D eigenvalue weighted by Gasteiger charge is -2.33.